The van der Waals surface area contributed by atoms with Crippen molar-refractivity contribution in [3.63, 3.8) is 0 Å². The summed E-state index contributed by atoms with van der Waals surface area (Å²) in [6.45, 7) is 5.90. The molecule has 0 aliphatic carbocycles. The molecule has 9 heavy (non-hydrogen) atoms. The van der Waals surface area contributed by atoms with Gasteiger partial charge in [0.1, 0.15) is 0 Å². The third-order valence-electron chi connectivity index (χ3n) is 0.866. The Morgan fingerprint density at radius 3 is 2.78 bits per heavy atom. The van der Waals surface area contributed by atoms with E-state index >= 15 is 0 Å². The molecule has 0 spiro atoms. The van der Waals surface area contributed by atoms with Gasteiger partial charge in [0.05, 0.1) is 6.54 Å². The zero-order valence-corrected chi connectivity index (χ0v) is 5.65. The average Bonchev–Trinajstić information content (AvgIpc) is 1.91. The third kappa shape index (κ3) is 3.57. The quantitative estimate of drug-likeness (QED) is 0.407. The van der Waals surface area contributed by atoms with Crippen molar-refractivity contribution in [2.45, 2.75) is 6.92 Å². The fourth-order valence-corrected chi connectivity index (χ4v) is 0.394. The van der Waals surface area contributed by atoms with Crippen LogP contribution < -0.4 is 5.73 Å². The molecule has 0 radical (unpaired) electrons. The molecule has 0 heterocycles. The van der Waals surface area contributed by atoms with Gasteiger partial charge < -0.3 is 5.73 Å². The second-order valence-corrected chi connectivity index (χ2v) is 1.45. The average molecular weight is 121 g/mol. The largest absolute Gasteiger partial charge is 0.320 e. The smallest absolute Gasteiger partial charge is 0.0555 e. The highest BCUT2D eigenvalue weighted by Crippen LogP contribution is 1.89. The Morgan fingerprint density at radius 2 is 2.44 bits per heavy atom. The first kappa shape index (κ1) is 8.00. The summed E-state index contributed by atoms with van der Waals surface area (Å²) in [6.07, 6.45) is 3.61. The van der Waals surface area contributed by atoms with Gasteiger partial charge in [0, 0.05) is 5.57 Å². The van der Waals surface area contributed by atoms with E-state index < -0.39 is 0 Å². The molecule has 0 aromatic heterocycles. The van der Waals surface area contributed by atoms with Gasteiger partial charge in [-0.3, -0.25) is 0 Å². The minimum Gasteiger partial charge on any atom is -0.320 e. The molecule has 0 aliphatic heterocycles. The van der Waals surface area contributed by atoms with Crippen LogP contribution in [0.2, 0.25) is 0 Å². The molecule has 0 fully saturated rings. The summed E-state index contributed by atoms with van der Waals surface area (Å²) in [4.78, 5) is 0. The summed E-state index contributed by atoms with van der Waals surface area (Å²) in [6, 6.07) is 0. The molecule has 2 N–H and O–H groups in total. The molecule has 1 nitrogen and oxygen atoms in total. The molecule has 0 unspecified atom stereocenters. The van der Waals surface area contributed by atoms with Crippen LogP contribution in [0.3, 0.4) is 0 Å². The second-order valence-electron chi connectivity index (χ2n) is 1.45. The van der Waals surface area contributed by atoms with Gasteiger partial charge in [-0.1, -0.05) is 30.6 Å². The maximum Gasteiger partial charge on any atom is 0.0555 e. The molecule has 0 atom stereocenters. The molecule has 0 amide bonds. The monoisotopic (exact) mass is 121 g/mol. The van der Waals surface area contributed by atoms with Crippen molar-refractivity contribution in [1.29, 1.82) is 0 Å². The lowest BCUT2D eigenvalue weighted by molar-refractivity contribution is 1.30. The Morgan fingerprint density at radius 1 is 1.78 bits per heavy atom. The summed E-state index contributed by atoms with van der Waals surface area (Å²) in [7, 11) is 0. The minimum atomic E-state index is 0.408. The van der Waals surface area contributed by atoms with Gasteiger partial charge in [0.2, 0.25) is 0 Å². The summed E-state index contributed by atoms with van der Waals surface area (Å²) < 4.78 is 0. The van der Waals surface area contributed by atoms with Crippen molar-refractivity contribution in [2.24, 2.45) is 5.73 Å². The summed E-state index contributed by atoms with van der Waals surface area (Å²) in [5, 5.41) is 0. The van der Waals surface area contributed by atoms with E-state index in [0.29, 0.717) is 6.54 Å². The molecule has 1 heteroatoms. The number of rotatable bonds is 1. The normalized spacial score (nSPS) is 9.78. The van der Waals surface area contributed by atoms with Crippen molar-refractivity contribution in [2.75, 3.05) is 6.54 Å². The van der Waals surface area contributed by atoms with E-state index in [2.05, 4.69) is 18.4 Å². The third-order valence-corrected chi connectivity index (χ3v) is 0.866. The van der Waals surface area contributed by atoms with Crippen LogP contribution in [0.1, 0.15) is 6.92 Å². The van der Waals surface area contributed by atoms with Crippen LogP contribution in [0, 0.1) is 11.8 Å². The Hall–Kier alpha value is -1.00. The molecule has 0 rings (SSSR count). The van der Waals surface area contributed by atoms with E-state index in [1.807, 2.05) is 13.0 Å². The van der Waals surface area contributed by atoms with Gasteiger partial charge in [-0.2, -0.15) is 0 Å². The lowest BCUT2D eigenvalue weighted by atomic mass is 10.2. The maximum atomic E-state index is 5.15. The van der Waals surface area contributed by atoms with Crippen molar-refractivity contribution in [3.8, 4) is 11.8 Å². The molecule has 0 aliphatic rings. The Balaban J connectivity index is 4.00. The van der Waals surface area contributed by atoms with Gasteiger partial charge in [-0.05, 0) is 6.92 Å². The van der Waals surface area contributed by atoms with Crippen molar-refractivity contribution < 1.29 is 0 Å². The number of allylic oxidation sites excluding steroid dienone is 3. The minimum absolute atomic E-state index is 0.408. The van der Waals surface area contributed by atoms with Crippen LogP contribution in [0.25, 0.3) is 0 Å². The Bertz CT molecular complexity index is 167. The molecule has 48 valence electrons. The summed E-state index contributed by atoms with van der Waals surface area (Å²) in [5.41, 5.74) is 6.08. The van der Waals surface area contributed by atoms with Gasteiger partial charge in [0.15, 0.2) is 0 Å². The second kappa shape index (κ2) is 5.14. The first-order valence-electron chi connectivity index (χ1n) is 2.82. The SMILES string of the molecule is C=C/C(C#CCN)=C\C. The zero-order valence-electron chi connectivity index (χ0n) is 5.65. The standard InChI is InChI=1S/C8H11N/c1-3-8(4-2)6-5-7-9/h3-4H,1,7,9H2,2H3/b8-4+. The van der Waals surface area contributed by atoms with Gasteiger partial charge in [-0.15, -0.1) is 0 Å². The summed E-state index contributed by atoms with van der Waals surface area (Å²) in [5.74, 6) is 5.58. The molecule has 0 bridgehead atoms. The lowest BCUT2D eigenvalue weighted by Crippen LogP contribution is -1.92. The molecule has 0 aromatic carbocycles. The number of hydrogen-bond donors (Lipinski definition) is 1. The van der Waals surface area contributed by atoms with E-state index in [9.17, 15) is 0 Å². The predicted molar refractivity (Wildman–Crippen MR) is 40.8 cm³/mol. The van der Waals surface area contributed by atoms with Crippen LogP contribution in [0.15, 0.2) is 24.3 Å². The zero-order chi connectivity index (χ0) is 7.11. The van der Waals surface area contributed by atoms with E-state index in [1.54, 1.807) is 6.08 Å². The fourth-order valence-electron chi connectivity index (χ4n) is 0.394. The maximum absolute atomic E-state index is 5.15. The first-order valence-corrected chi connectivity index (χ1v) is 2.82. The van der Waals surface area contributed by atoms with Crippen LogP contribution in [0.5, 0.6) is 0 Å². The van der Waals surface area contributed by atoms with Crippen molar-refractivity contribution in [1.82, 2.24) is 0 Å². The molecule has 0 saturated carbocycles. The Labute approximate surface area is 56.3 Å². The predicted octanol–water partition coefficient (Wildman–Crippen LogP) is 1.08. The van der Waals surface area contributed by atoms with Crippen LogP contribution in [0.4, 0.5) is 0 Å². The van der Waals surface area contributed by atoms with Gasteiger partial charge >= 0.3 is 0 Å². The number of nitrogens with two attached hydrogens (primary N) is 1. The van der Waals surface area contributed by atoms with E-state index in [1.165, 1.54) is 0 Å². The number of hydrogen-bond acceptors (Lipinski definition) is 1. The first-order chi connectivity index (χ1) is 4.35. The fraction of sp³-hybridized carbons (Fsp3) is 0.250. The molecule has 0 saturated heterocycles. The van der Waals surface area contributed by atoms with E-state index in [-0.39, 0.29) is 0 Å². The van der Waals surface area contributed by atoms with E-state index in [4.69, 9.17) is 5.73 Å². The Kier molecular flexibility index (Phi) is 4.57. The van der Waals surface area contributed by atoms with Crippen molar-refractivity contribution >= 4 is 0 Å². The van der Waals surface area contributed by atoms with Crippen LogP contribution in [-0.4, -0.2) is 6.54 Å². The highest BCUT2D eigenvalue weighted by molar-refractivity contribution is 5.36. The topological polar surface area (TPSA) is 26.0 Å². The molecular formula is C8H11N. The summed E-state index contributed by atoms with van der Waals surface area (Å²) >= 11 is 0. The highest BCUT2D eigenvalue weighted by Gasteiger charge is 1.75. The van der Waals surface area contributed by atoms with Crippen LogP contribution in [-0.2, 0) is 0 Å². The molecular weight excluding hydrogens is 110 g/mol. The van der Waals surface area contributed by atoms with Crippen molar-refractivity contribution in [3.05, 3.63) is 24.3 Å². The van der Waals surface area contributed by atoms with Crippen LogP contribution >= 0.6 is 0 Å². The molecule has 0 aromatic rings. The van der Waals surface area contributed by atoms with Gasteiger partial charge in [-0.25, -0.2) is 0 Å². The lowest BCUT2D eigenvalue weighted by Gasteiger charge is -1.81. The highest BCUT2D eigenvalue weighted by atomic mass is 14.5. The van der Waals surface area contributed by atoms with Gasteiger partial charge in [0.25, 0.3) is 0 Å². The van der Waals surface area contributed by atoms with E-state index in [0.717, 1.165) is 5.57 Å².